The third-order valence-electron chi connectivity index (χ3n) is 3.90. The lowest BCUT2D eigenvalue weighted by atomic mass is 10.1. The quantitative estimate of drug-likeness (QED) is 0.266. The number of ether oxygens (including phenoxy) is 1. The van der Waals surface area contributed by atoms with Crippen LogP contribution in [0.3, 0.4) is 0 Å². The number of nitrogens with zero attached hydrogens (tertiary/aromatic N) is 4. The van der Waals surface area contributed by atoms with Crippen molar-refractivity contribution in [1.29, 1.82) is 0 Å². The van der Waals surface area contributed by atoms with Gasteiger partial charge in [-0.25, -0.2) is 15.0 Å². The molecule has 0 saturated carbocycles. The number of hydrogen-bond acceptors (Lipinski definition) is 9. The van der Waals surface area contributed by atoms with Gasteiger partial charge in [0.2, 0.25) is 0 Å². The van der Waals surface area contributed by atoms with Crippen LogP contribution in [-0.4, -0.2) is 69.7 Å². The molecule has 0 aromatic carbocycles. The minimum Gasteiger partial charge on any atom is -0.394 e. The molecule has 0 spiro atoms. The van der Waals surface area contributed by atoms with Crippen molar-refractivity contribution in [3.05, 3.63) is 12.7 Å². The van der Waals surface area contributed by atoms with Crippen LogP contribution in [0.2, 0.25) is 0 Å². The van der Waals surface area contributed by atoms with Crippen LogP contribution in [0.25, 0.3) is 11.2 Å². The van der Waals surface area contributed by atoms with E-state index < -0.39 is 43.5 Å². The number of anilines is 1. The van der Waals surface area contributed by atoms with E-state index in [-0.39, 0.29) is 17.0 Å². The number of imidazole rings is 1. The fourth-order valence-corrected chi connectivity index (χ4v) is 4.47. The molecule has 3 heterocycles. The first-order valence-electron chi connectivity index (χ1n) is 6.83. The Bertz CT molecular complexity index is 813. The van der Waals surface area contributed by atoms with E-state index in [4.69, 9.17) is 10.5 Å². The van der Waals surface area contributed by atoms with E-state index in [1.54, 1.807) is 0 Å². The lowest BCUT2D eigenvalue weighted by Crippen LogP contribution is -2.45. The van der Waals surface area contributed by atoms with Crippen LogP contribution in [0, 0.1) is 0 Å². The average molecular weight is 377 g/mol. The number of thiol groups is 1. The summed E-state index contributed by atoms with van der Waals surface area (Å²) in [5, 5.41) is 18.5. The molecule has 0 bridgehead atoms. The zero-order valence-corrected chi connectivity index (χ0v) is 14.0. The van der Waals surface area contributed by atoms with Crippen LogP contribution < -0.4 is 5.73 Å². The maximum Gasteiger partial charge on any atom is 0.330 e. The van der Waals surface area contributed by atoms with Crippen molar-refractivity contribution >= 4 is 37.2 Å². The van der Waals surface area contributed by atoms with Crippen LogP contribution >= 0.6 is 20.2 Å². The second-order valence-electron chi connectivity index (χ2n) is 5.49. The molecule has 1 saturated heterocycles. The molecule has 24 heavy (non-hydrogen) atoms. The molecule has 2 aromatic heterocycles. The molecule has 0 aliphatic carbocycles. The van der Waals surface area contributed by atoms with Crippen molar-refractivity contribution in [3.8, 4) is 0 Å². The number of nitrogen functional groups attached to an aromatic ring is 1. The summed E-state index contributed by atoms with van der Waals surface area (Å²) >= 11 is 4.28. The Morgan fingerprint density at radius 1 is 1.42 bits per heavy atom. The van der Waals surface area contributed by atoms with Crippen LogP contribution in [0.15, 0.2) is 12.7 Å². The van der Waals surface area contributed by atoms with Gasteiger partial charge in [0, 0.05) is 0 Å². The van der Waals surface area contributed by atoms with Crippen LogP contribution in [0.1, 0.15) is 0 Å². The van der Waals surface area contributed by atoms with Crippen molar-refractivity contribution in [2.24, 2.45) is 0 Å². The Morgan fingerprint density at radius 2 is 2.12 bits per heavy atom. The van der Waals surface area contributed by atoms with E-state index in [2.05, 4.69) is 27.6 Å². The van der Waals surface area contributed by atoms with Gasteiger partial charge in [-0.2, -0.15) is 12.6 Å². The first kappa shape index (κ1) is 17.5. The smallest absolute Gasteiger partial charge is 0.330 e. The molecule has 1 aliphatic heterocycles. The lowest BCUT2D eigenvalue weighted by Gasteiger charge is -2.34. The highest BCUT2D eigenvalue weighted by Crippen LogP contribution is 2.49. The number of nitrogens with two attached hydrogens (primary N) is 1. The summed E-state index contributed by atoms with van der Waals surface area (Å²) in [7, 11) is -4.60. The predicted molar refractivity (Wildman–Crippen MR) is 85.4 cm³/mol. The highest BCUT2D eigenvalue weighted by Gasteiger charge is 2.57. The monoisotopic (exact) mass is 377 g/mol. The van der Waals surface area contributed by atoms with E-state index in [9.17, 15) is 24.6 Å². The largest absolute Gasteiger partial charge is 0.394 e. The maximum absolute atomic E-state index is 11.7. The highest BCUT2D eigenvalue weighted by atomic mass is 32.1. The molecule has 0 unspecified atom stereocenters. The molecule has 2 aromatic rings. The van der Waals surface area contributed by atoms with Gasteiger partial charge < -0.3 is 30.5 Å². The van der Waals surface area contributed by atoms with Crippen LogP contribution in [0.5, 0.6) is 0 Å². The number of aliphatic hydroxyl groups is 2. The molecular formula is C11H16N5O6PS. The highest BCUT2D eigenvalue weighted by molar-refractivity contribution is 7.81. The summed E-state index contributed by atoms with van der Waals surface area (Å²) in [6.07, 6.45) is -0.723. The Morgan fingerprint density at radius 3 is 2.71 bits per heavy atom. The van der Waals surface area contributed by atoms with E-state index in [0.29, 0.717) is 0 Å². The van der Waals surface area contributed by atoms with Gasteiger partial charge in [-0.1, -0.05) is 0 Å². The number of hydrogen-bond donors (Lipinski definition) is 6. The van der Waals surface area contributed by atoms with Gasteiger partial charge in [-0.15, -0.1) is 0 Å². The predicted octanol–water partition coefficient (Wildman–Crippen LogP) is -1.71. The Balaban J connectivity index is 2.22. The minimum absolute atomic E-state index is 0.0815. The second kappa shape index (κ2) is 5.92. The summed E-state index contributed by atoms with van der Waals surface area (Å²) in [6, 6.07) is 0. The van der Waals surface area contributed by atoms with Gasteiger partial charge in [0.15, 0.2) is 17.2 Å². The van der Waals surface area contributed by atoms with E-state index in [1.165, 1.54) is 17.2 Å². The Labute approximate surface area is 141 Å². The van der Waals surface area contributed by atoms with E-state index in [1.807, 2.05) is 0 Å². The van der Waals surface area contributed by atoms with Gasteiger partial charge in [-0.3, -0.25) is 9.13 Å². The van der Waals surface area contributed by atoms with Crippen molar-refractivity contribution in [3.63, 3.8) is 0 Å². The van der Waals surface area contributed by atoms with Gasteiger partial charge >= 0.3 is 7.60 Å². The average Bonchev–Trinajstić information content (AvgIpc) is 3.03. The normalized spacial score (nSPS) is 31.0. The second-order valence-corrected chi connectivity index (χ2v) is 7.69. The third-order valence-corrected chi connectivity index (χ3v) is 5.48. The lowest BCUT2D eigenvalue weighted by molar-refractivity contribution is -0.102. The summed E-state index contributed by atoms with van der Waals surface area (Å²) in [4.78, 5) is 30.9. The van der Waals surface area contributed by atoms with Gasteiger partial charge in [-0.05, 0) is 0 Å². The van der Waals surface area contributed by atoms with Crippen molar-refractivity contribution < 1.29 is 29.3 Å². The van der Waals surface area contributed by atoms with E-state index in [0.717, 1.165) is 0 Å². The molecule has 11 nitrogen and oxygen atoms in total. The fourth-order valence-electron chi connectivity index (χ4n) is 2.85. The Kier molecular flexibility index (Phi) is 4.33. The molecule has 0 amide bonds. The zero-order valence-electron chi connectivity index (χ0n) is 12.2. The number of aliphatic hydroxyl groups excluding tert-OH is 2. The van der Waals surface area contributed by atoms with Crippen molar-refractivity contribution in [1.82, 2.24) is 19.5 Å². The number of aromatic nitrogens is 4. The summed E-state index contributed by atoms with van der Waals surface area (Å²) < 4.78 is 18.6. The molecule has 4 atom stereocenters. The molecular weight excluding hydrogens is 361 g/mol. The fraction of sp³-hybridized carbons (Fsp3) is 0.545. The SMILES string of the molecule is Nc1ncnc2c1ncn2[C@]1(CP(=O)(O)O)O[C@H](CO)[C@@H](O)[C@H]1S. The van der Waals surface area contributed by atoms with Crippen molar-refractivity contribution in [2.75, 3.05) is 18.5 Å². The van der Waals surface area contributed by atoms with E-state index >= 15 is 0 Å². The van der Waals surface area contributed by atoms with Gasteiger partial charge in [0.1, 0.15) is 17.9 Å². The van der Waals surface area contributed by atoms with Gasteiger partial charge in [0.25, 0.3) is 0 Å². The summed E-state index contributed by atoms with van der Waals surface area (Å²) in [5.41, 5.74) is 4.33. The summed E-state index contributed by atoms with van der Waals surface area (Å²) in [5.74, 6) is 0.0815. The molecule has 13 heteroatoms. The molecule has 3 rings (SSSR count). The Hall–Kier alpha value is -1.27. The number of rotatable bonds is 4. The zero-order chi connectivity index (χ0) is 17.7. The van der Waals surface area contributed by atoms with Gasteiger partial charge in [0.05, 0.1) is 30.5 Å². The molecule has 1 aliphatic rings. The first-order valence-corrected chi connectivity index (χ1v) is 9.14. The van der Waals surface area contributed by atoms with Crippen LogP contribution in [0.4, 0.5) is 5.82 Å². The maximum atomic E-state index is 11.7. The van der Waals surface area contributed by atoms with Crippen molar-refractivity contribution in [2.45, 2.75) is 23.2 Å². The minimum atomic E-state index is -4.60. The topological polar surface area (TPSA) is 177 Å². The molecule has 6 N–H and O–H groups in total. The molecule has 1 fully saturated rings. The number of fused-ring (bicyclic) bond motifs is 1. The van der Waals surface area contributed by atoms with Crippen LogP contribution in [-0.2, 0) is 15.0 Å². The molecule has 0 radical (unpaired) electrons. The third kappa shape index (κ3) is 2.69. The molecule has 132 valence electrons. The standard InChI is InChI=1S/C11H16N5O6PS/c12-9-6-10(14-3-13-9)16(4-15-6)11(2-23(19,20)21)8(24)7(18)5(1-17)22-11/h3-5,7-8,17-18,24H,1-2H2,(H2,12,13,14)(H2,19,20,21)/t5-,7-,8-,11-/m1/s1. The first-order chi connectivity index (χ1) is 11.2. The summed E-state index contributed by atoms with van der Waals surface area (Å²) in [6.45, 7) is -0.551.